The van der Waals surface area contributed by atoms with Crippen LogP contribution in [0.15, 0.2) is 0 Å². The number of amides is 4. The van der Waals surface area contributed by atoms with Crippen molar-refractivity contribution in [3.63, 3.8) is 0 Å². The van der Waals surface area contributed by atoms with Crippen LogP contribution in [0.5, 0.6) is 0 Å². The Kier molecular flexibility index (Phi) is 13.6. The van der Waals surface area contributed by atoms with Crippen molar-refractivity contribution < 1.29 is 34.0 Å². The molecule has 162 valence electrons. The Balaban J connectivity index is 3.77. The lowest BCUT2D eigenvalue weighted by Crippen LogP contribution is -2.34. The second kappa shape index (κ2) is 14.7. The SMILES string of the molecule is CC(=O)NCC(F)CCN(O)C(=O)CCC(=O)NCCCCCN(O)C(C)=O. The summed E-state index contributed by atoms with van der Waals surface area (Å²) >= 11 is 0. The number of carbonyl (C=O) groups excluding carboxylic acids is 4. The predicted octanol–water partition coefficient (Wildman–Crippen LogP) is 0.373. The number of hydrogen-bond donors (Lipinski definition) is 4. The van der Waals surface area contributed by atoms with E-state index in [4.69, 9.17) is 0 Å². The van der Waals surface area contributed by atoms with Crippen molar-refractivity contribution in [3.8, 4) is 0 Å². The highest BCUT2D eigenvalue weighted by Gasteiger charge is 2.15. The summed E-state index contributed by atoms with van der Waals surface area (Å²) < 4.78 is 13.5. The van der Waals surface area contributed by atoms with E-state index in [1.807, 2.05) is 0 Å². The highest BCUT2D eigenvalue weighted by Crippen LogP contribution is 2.02. The minimum Gasteiger partial charge on any atom is -0.356 e. The van der Waals surface area contributed by atoms with E-state index in [2.05, 4.69) is 10.6 Å². The van der Waals surface area contributed by atoms with Gasteiger partial charge in [0.25, 0.3) is 0 Å². The fourth-order valence-corrected chi connectivity index (χ4v) is 2.13. The van der Waals surface area contributed by atoms with E-state index in [-0.39, 0.29) is 50.7 Å². The minimum atomic E-state index is -1.39. The lowest BCUT2D eigenvalue weighted by molar-refractivity contribution is -0.166. The number of unbranched alkanes of at least 4 members (excludes halogenated alkanes) is 2. The molecule has 0 saturated heterocycles. The largest absolute Gasteiger partial charge is 0.356 e. The number of hydrogen-bond acceptors (Lipinski definition) is 6. The van der Waals surface area contributed by atoms with Crippen LogP contribution in [0.2, 0.25) is 0 Å². The zero-order chi connectivity index (χ0) is 21.5. The van der Waals surface area contributed by atoms with Crippen LogP contribution in [-0.2, 0) is 19.2 Å². The van der Waals surface area contributed by atoms with E-state index >= 15 is 0 Å². The van der Waals surface area contributed by atoms with Gasteiger partial charge in [-0.05, 0) is 19.3 Å². The maximum Gasteiger partial charge on any atom is 0.246 e. The van der Waals surface area contributed by atoms with Gasteiger partial charge in [-0.15, -0.1) is 0 Å². The Bertz CT molecular complexity index is 520. The van der Waals surface area contributed by atoms with Gasteiger partial charge < -0.3 is 10.6 Å². The predicted molar refractivity (Wildman–Crippen MR) is 97.0 cm³/mol. The molecule has 0 saturated carbocycles. The third kappa shape index (κ3) is 13.9. The first-order valence-corrected chi connectivity index (χ1v) is 9.25. The van der Waals surface area contributed by atoms with Crippen LogP contribution >= 0.6 is 0 Å². The van der Waals surface area contributed by atoms with E-state index in [1.54, 1.807) is 0 Å². The van der Waals surface area contributed by atoms with Crippen LogP contribution in [0, 0.1) is 0 Å². The van der Waals surface area contributed by atoms with Crippen molar-refractivity contribution in [3.05, 3.63) is 0 Å². The maximum atomic E-state index is 13.5. The second-order valence-electron chi connectivity index (χ2n) is 6.39. The topological polar surface area (TPSA) is 139 Å². The smallest absolute Gasteiger partial charge is 0.246 e. The molecule has 0 aromatic rings. The summed E-state index contributed by atoms with van der Waals surface area (Å²) in [6.07, 6.45) is 0.132. The number of alkyl halides is 1. The molecule has 10 nitrogen and oxygen atoms in total. The number of nitrogens with one attached hydrogen (secondary N) is 2. The monoisotopic (exact) mass is 406 g/mol. The summed E-state index contributed by atoms with van der Waals surface area (Å²) in [5, 5.41) is 24.7. The Morgan fingerprint density at radius 2 is 1.61 bits per heavy atom. The molecule has 0 aliphatic rings. The van der Waals surface area contributed by atoms with E-state index < -0.39 is 18.0 Å². The molecule has 28 heavy (non-hydrogen) atoms. The summed E-state index contributed by atoms with van der Waals surface area (Å²) in [6.45, 7) is 2.73. The number of hydroxylamine groups is 4. The van der Waals surface area contributed by atoms with E-state index in [1.165, 1.54) is 13.8 Å². The number of nitrogens with zero attached hydrogens (tertiary/aromatic N) is 2. The summed E-state index contributed by atoms with van der Waals surface area (Å²) in [5.41, 5.74) is 0. The molecule has 11 heteroatoms. The quantitative estimate of drug-likeness (QED) is 0.187. The first-order valence-electron chi connectivity index (χ1n) is 9.25. The zero-order valence-corrected chi connectivity index (χ0v) is 16.4. The van der Waals surface area contributed by atoms with Gasteiger partial charge in [0.1, 0.15) is 6.17 Å². The molecule has 0 bridgehead atoms. The standard InChI is InChI=1S/C17H31FN4O6/c1-13(23)20-12-15(18)8-11-22(28)17(26)7-6-16(25)19-9-4-3-5-10-21(27)14(2)24/h15,27-28H,3-12H2,1-2H3,(H,19,25)(H,20,23). The highest BCUT2D eigenvalue weighted by atomic mass is 19.1. The highest BCUT2D eigenvalue weighted by molar-refractivity contribution is 5.83. The van der Waals surface area contributed by atoms with Crippen LogP contribution in [0.4, 0.5) is 4.39 Å². The van der Waals surface area contributed by atoms with Crippen molar-refractivity contribution >= 4 is 23.6 Å². The molecule has 0 aromatic heterocycles. The fraction of sp³-hybridized carbons (Fsp3) is 0.765. The van der Waals surface area contributed by atoms with Gasteiger partial charge in [0.05, 0.1) is 6.54 Å². The third-order valence-corrected chi connectivity index (χ3v) is 3.81. The van der Waals surface area contributed by atoms with Crippen LogP contribution in [-0.4, -0.2) is 76.5 Å². The van der Waals surface area contributed by atoms with Gasteiger partial charge in [0.2, 0.25) is 23.6 Å². The van der Waals surface area contributed by atoms with Crippen molar-refractivity contribution in [2.24, 2.45) is 0 Å². The Morgan fingerprint density at radius 3 is 2.21 bits per heavy atom. The molecule has 4 N–H and O–H groups in total. The summed E-state index contributed by atoms with van der Waals surface area (Å²) in [7, 11) is 0. The molecular formula is C17H31FN4O6. The van der Waals surface area contributed by atoms with E-state index in [9.17, 15) is 34.0 Å². The Labute approximate surface area is 164 Å². The number of halogens is 1. The number of carbonyl (C=O) groups is 4. The zero-order valence-electron chi connectivity index (χ0n) is 16.4. The van der Waals surface area contributed by atoms with Crippen LogP contribution in [0.1, 0.15) is 52.4 Å². The Morgan fingerprint density at radius 1 is 0.929 bits per heavy atom. The first-order chi connectivity index (χ1) is 13.1. The van der Waals surface area contributed by atoms with E-state index in [0.717, 1.165) is 0 Å². The van der Waals surface area contributed by atoms with Gasteiger partial charge in [0.15, 0.2) is 0 Å². The maximum absolute atomic E-state index is 13.5. The van der Waals surface area contributed by atoms with Gasteiger partial charge in [-0.3, -0.25) is 29.6 Å². The van der Waals surface area contributed by atoms with E-state index in [0.29, 0.717) is 35.9 Å². The van der Waals surface area contributed by atoms with Crippen molar-refractivity contribution in [2.45, 2.75) is 58.5 Å². The average molecular weight is 406 g/mol. The molecule has 0 fully saturated rings. The normalized spacial score (nSPS) is 11.5. The van der Waals surface area contributed by atoms with Crippen molar-refractivity contribution in [1.29, 1.82) is 0 Å². The molecule has 4 amide bonds. The Hall–Kier alpha value is -2.27. The fourth-order valence-electron chi connectivity index (χ4n) is 2.13. The van der Waals surface area contributed by atoms with Gasteiger partial charge in [-0.2, -0.15) is 0 Å². The van der Waals surface area contributed by atoms with Gasteiger partial charge in [0, 0.05) is 52.7 Å². The summed E-state index contributed by atoms with van der Waals surface area (Å²) in [6, 6.07) is 0. The molecule has 0 rings (SSSR count). The molecule has 0 radical (unpaired) electrons. The lowest BCUT2D eigenvalue weighted by atomic mass is 10.2. The minimum absolute atomic E-state index is 0.102. The average Bonchev–Trinajstić information content (AvgIpc) is 2.64. The molecule has 1 unspecified atom stereocenters. The number of rotatable bonds is 14. The van der Waals surface area contributed by atoms with Gasteiger partial charge in [-0.25, -0.2) is 14.5 Å². The first kappa shape index (κ1) is 25.7. The molecule has 0 spiro atoms. The van der Waals surface area contributed by atoms with Crippen LogP contribution in [0.3, 0.4) is 0 Å². The molecule has 1 atom stereocenters. The van der Waals surface area contributed by atoms with Crippen molar-refractivity contribution in [2.75, 3.05) is 26.2 Å². The molecule has 0 heterocycles. The van der Waals surface area contributed by atoms with Gasteiger partial charge in [-0.1, -0.05) is 0 Å². The lowest BCUT2D eigenvalue weighted by Gasteiger charge is -2.16. The van der Waals surface area contributed by atoms with Crippen LogP contribution in [0.25, 0.3) is 0 Å². The summed E-state index contributed by atoms with van der Waals surface area (Å²) in [5.74, 6) is -1.82. The van der Waals surface area contributed by atoms with Gasteiger partial charge >= 0.3 is 0 Å². The molecule has 0 aliphatic carbocycles. The second-order valence-corrected chi connectivity index (χ2v) is 6.39. The van der Waals surface area contributed by atoms with Crippen LogP contribution < -0.4 is 10.6 Å². The summed E-state index contributed by atoms with van der Waals surface area (Å²) in [4.78, 5) is 44.8. The third-order valence-electron chi connectivity index (χ3n) is 3.81. The molecule has 0 aliphatic heterocycles. The molecule has 0 aromatic carbocycles. The molecular weight excluding hydrogens is 375 g/mol. The van der Waals surface area contributed by atoms with Crippen molar-refractivity contribution in [1.82, 2.24) is 20.8 Å².